The zero-order chi connectivity index (χ0) is 14.1. The van der Waals surface area contributed by atoms with Gasteiger partial charge in [-0.3, -0.25) is 14.3 Å². The van der Waals surface area contributed by atoms with Crippen LogP contribution in [0.25, 0.3) is 11.2 Å². The van der Waals surface area contributed by atoms with Crippen molar-refractivity contribution in [3.05, 3.63) is 20.8 Å². The van der Waals surface area contributed by atoms with Gasteiger partial charge in [0.15, 0.2) is 11.2 Å². The summed E-state index contributed by atoms with van der Waals surface area (Å²) in [4.78, 5) is 33.7. The number of fused-ring (bicyclic) bond motifs is 1. The van der Waals surface area contributed by atoms with Crippen LogP contribution in [0.1, 0.15) is 45.1 Å². The molecule has 3 N–H and O–H groups in total. The van der Waals surface area contributed by atoms with Gasteiger partial charge in [0.1, 0.15) is 0 Å². The number of nitrogens with one attached hydrogen (secondary N) is 3. The third kappa shape index (κ3) is 2.13. The van der Waals surface area contributed by atoms with Crippen molar-refractivity contribution in [1.29, 1.82) is 0 Å². The maximum absolute atomic E-state index is 12.2. The van der Waals surface area contributed by atoms with Gasteiger partial charge in [-0.05, 0) is 19.8 Å². The molecule has 0 bridgehead atoms. The smallest absolute Gasteiger partial charge is 0.330 e. The van der Waals surface area contributed by atoms with E-state index >= 15 is 0 Å². The number of nitrogens with zero attached hydrogens (tertiary/aromatic N) is 2. The van der Waals surface area contributed by atoms with Crippen LogP contribution in [0.15, 0.2) is 9.59 Å². The second kappa shape index (κ2) is 5.15. The Morgan fingerprint density at radius 1 is 1.25 bits per heavy atom. The number of rotatable bonds is 3. The standard InChI is InChI=1S/C13H19N5O2/c1-2-14-12-15-9-10(16-12)18(13(20)17-11(9)19)8-6-4-3-5-7-8/h8H,2-7H2,1H3,(H2,14,15,16)(H,17,19,20). The zero-order valence-electron chi connectivity index (χ0n) is 11.5. The molecular weight excluding hydrogens is 258 g/mol. The van der Waals surface area contributed by atoms with Gasteiger partial charge in [-0.25, -0.2) is 4.79 Å². The van der Waals surface area contributed by atoms with Crippen LogP contribution in [0.2, 0.25) is 0 Å². The molecule has 3 rings (SSSR count). The average molecular weight is 277 g/mol. The largest absolute Gasteiger partial charge is 0.356 e. The first-order valence-corrected chi connectivity index (χ1v) is 7.19. The Morgan fingerprint density at radius 2 is 2.00 bits per heavy atom. The molecule has 1 fully saturated rings. The fourth-order valence-corrected chi connectivity index (χ4v) is 2.94. The van der Waals surface area contributed by atoms with Crippen LogP contribution in [0.3, 0.4) is 0 Å². The van der Waals surface area contributed by atoms with Crippen LogP contribution in [-0.2, 0) is 0 Å². The molecule has 0 amide bonds. The second-order valence-corrected chi connectivity index (χ2v) is 5.24. The van der Waals surface area contributed by atoms with Crippen molar-refractivity contribution >= 4 is 17.1 Å². The molecule has 0 saturated heterocycles. The van der Waals surface area contributed by atoms with Gasteiger partial charge >= 0.3 is 5.69 Å². The molecule has 0 atom stereocenters. The van der Waals surface area contributed by atoms with E-state index in [-0.39, 0.29) is 11.7 Å². The third-order valence-corrected chi connectivity index (χ3v) is 3.86. The van der Waals surface area contributed by atoms with Crippen molar-refractivity contribution in [3.8, 4) is 0 Å². The number of hydrogen-bond acceptors (Lipinski definition) is 4. The quantitative estimate of drug-likeness (QED) is 0.789. The van der Waals surface area contributed by atoms with E-state index < -0.39 is 5.56 Å². The molecule has 2 aromatic heterocycles. The van der Waals surface area contributed by atoms with Crippen molar-refractivity contribution in [2.75, 3.05) is 11.9 Å². The Labute approximate surface area is 115 Å². The molecule has 1 aliphatic rings. The Bertz CT molecular complexity index is 720. The molecule has 1 aliphatic carbocycles. The van der Waals surface area contributed by atoms with Gasteiger partial charge in [0.05, 0.1) is 0 Å². The SMILES string of the molecule is CCNc1nc2c([nH]1)c(=O)[nH]c(=O)n2C1CCCCC1. The van der Waals surface area contributed by atoms with Crippen molar-refractivity contribution in [3.63, 3.8) is 0 Å². The van der Waals surface area contributed by atoms with Gasteiger partial charge in [-0.2, -0.15) is 4.98 Å². The van der Waals surface area contributed by atoms with Gasteiger partial charge in [0.25, 0.3) is 5.56 Å². The molecule has 1 saturated carbocycles. The molecule has 7 nitrogen and oxygen atoms in total. The first-order valence-electron chi connectivity index (χ1n) is 7.19. The number of aromatic nitrogens is 4. The average Bonchev–Trinajstić information content (AvgIpc) is 2.84. The monoisotopic (exact) mass is 277 g/mol. The first-order chi connectivity index (χ1) is 9.70. The predicted octanol–water partition coefficient (Wildman–Crippen LogP) is 1.35. The minimum Gasteiger partial charge on any atom is -0.356 e. The Hall–Kier alpha value is -2.05. The fourth-order valence-electron chi connectivity index (χ4n) is 2.94. The van der Waals surface area contributed by atoms with E-state index in [1.165, 1.54) is 6.42 Å². The normalized spacial score (nSPS) is 16.6. The predicted molar refractivity (Wildman–Crippen MR) is 77.3 cm³/mol. The van der Waals surface area contributed by atoms with Crippen molar-refractivity contribution in [2.45, 2.75) is 45.1 Å². The lowest BCUT2D eigenvalue weighted by Gasteiger charge is -2.23. The van der Waals surface area contributed by atoms with Crippen LogP contribution in [-0.4, -0.2) is 26.1 Å². The van der Waals surface area contributed by atoms with Crippen molar-refractivity contribution in [2.24, 2.45) is 0 Å². The van der Waals surface area contributed by atoms with E-state index in [0.29, 0.717) is 23.7 Å². The highest BCUT2D eigenvalue weighted by Crippen LogP contribution is 2.28. The highest BCUT2D eigenvalue weighted by molar-refractivity contribution is 5.72. The molecule has 0 aliphatic heterocycles. The fraction of sp³-hybridized carbons (Fsp3) is 0.615. The Balaban J connectivity index is 2.18. The summed E-state index contributed by atoms with van der Waals surface area (Å²) in [7, 11) is 0. The van der Waals surface area contributed by atoms with Gasteiger partial charge < -0.3 is 10.3 Å². The van der Waals surface area contributed by atoms with Crippen LogP contribution in [0.5, 0.6) is 0 Å². The molecule has 2 aromatic rings. The number of anilines is 1. The Morgan fingerprint density at radius 3 is 2.70 bits per heavy atom. The summed E-state index contributed by atoms with van der Waals surface area (Å²) in [6.45, 7) is 2.65. The summed E-state index contributed by atoms with van der Waals surface area (Å²) in [5, 5.41) is 3.04. The van der Waals surface area contributed by atoms with Crippen LogP contribution in [0.4, 0.5) is 5.95 Å². The first kappa shape index (κ1) is 13.0. The lowest BCUT2D eigenvalue weighted by molar-refractivity contribution is 0.349. The zero-order valence-corrected chi connectivity index (χ0v) is 11.5. The highest BCUT2D eigenvalue weighted by atomic mass is 16.2. The molecule has 108 valence electrons. The van der Waals surface area contributed by atoms with Crippen LogP contribution >= 0.6 is 0 Å². The van der Waals surface area contributed by atoms with Gasteiger partial charge in [0.2, 0.25) is 5.95 Å². The van der Waals surface area contributed by atoms with E-state index in [1.54, 1.807) is 4.57 Å². The molecule has 0 radical (unpaired) electrons. The minimum atomic E-state index is -0.409. The number of imidazole rings is 1. The maximum Gasteiger partial charge on any atom is 0.330 e. The second-order valence-electron chi connectivity index (χ2n) is 5.24. The Kier molecular flexibility index (Phi) is 3.33. The van der Waals surface area contributed by atoms with Gasteiger partial charge in [0, 0.05) is 12.6 Å². The topological polar surface area (TPSA) is 95.6 Å². The van der Waals surface area contributed by atoms with E-state index in [0.717, 1.165) is 25.7 Å². The molecule has 2 heterocycles. The van der Waals surface area contributed by atoms with Crippen molar-refractivity contribution < 1.29 is 0 Å². The summed E-state index contributed by atoms with van der Waals surface area (Å²) < 4.78 is 1.65. The van der Waals surface area contributed by atoms with Crippen LogP contribution in [0, 0.1) is 0 Å². The number of aromatic amines is 2. The summed E-state index contributed by atoms with van der Waals surface area (Å²) in [6, 6.07) is 0.133. The summed E-state index contributed by atoms with van der Waals surface area (Å²) >= 11 is 0. The van der Waals surface area contributed by atoms with E-state index in [9.17, 15) is 9.59 Å². The highest BCUT2D eigenvalue weighted by Gasteiger charge is 2.21. The lowest BCUT2D eigenvalue weighted by Crippen LogP contribution is -2.33. The number of hydrogen-bond donors (Lipinski definition) is 3. The van der Waals surface area contributed by atoms with Crippen molar-refractivity contribution in [1.82, 2.24) is 19.5 Å². The molecule has 0 spiro atoms. The van der Waals surface area contributed by atoms with E-state index in [4.69, 9.17) is 0 Å². The third-order valence-electron chi connectivity index (χ3n) is 3.86. The minimum absolute atomic E-state index is 0.133. The molecule has 0 aromatic carbocycles. The lowest BCUT2D eigenvalue weighted by atomic mass is 9.95. The summed E-state index contributed by atoms with van der Waals surface area (Å²) in [5.41, 5.74) is 0.0605. The molecule has 7 heteroatoms. The van der Waals surface area contributed by atoms with Crippen LogP contribution < -0.4 is 16.6 Å². The van der Waals surface area contributed by atoms with Gasteiger partial charge in [-0.15, -0.1) is 0 Å². The molecule has 20 heavy (non-hydrogen) atoms. The summed E-state index contributed by atoms with van der Waals surface area (Å²) in [5.74, 6) is 0.531. The van der Waals surface area contributed by atoms with E-state index in [2.05, 4.69) is 20.3 Å². The van der Waals surface area contributed by atoms with Gasteiger partial charge in [-0.1, -0.05) is 19.3 Å². The maximum atomic E-state index is 12.2. The molecular formula is C13H19N5O2. The number of H-pyrrole nitrogens is 2. The molecule has 0 unspecified atom stereocenters. The van der Waals surface area contributed by atoms with E-state index in [1.807, 2.05) is 6.92 Å². The summed E-state index contributed by atoms with van der Waals surface area (Å²) in [6.07, 6.45) is 5.36.